The summed E-state index contributed by atoms with van der Waals surface area (Å²) >= 11 is 3.80. The molecular weight excluding hydrogens is 538 g/mol. The molecule has 9 heteroatoms. The van der Waals surface area contributed by atoms with E-state index in [1.54, 1.807) is 0 Å². The molecule has 0 aliphatic carbocycles. The van der Waals surface area contributed by atoms with Crippen LogP contribution in [-0.4, -0.2) is 24.0 Å². The van der Waals surface area contributed by atoms with Crippen molar-refractivity contribution in [1.82, 2.24) is 0 Å². The average molecular weight is 545 g/mol. The molecule has 0 aliphatic rings. The number of phenols is 1. The third kappa shape index (κ3) is 4.08. The Hall–Kier alpha value is -0.920. The molecule has 2 rings (SSSR count). The maximum absolute atomic E-state index is 12.2. The molecule has 0 aliphatic heterocycles. The lowest BCUT2D eigenvalue weighted by Crippen LogP contribution is -2.12. The summed E-state index contributed by atoms with van der Waals surface area (Å²) in [6, 6.07) is 7.43. The highest BCUT2D eigenvalue weighted by Crippen LogP contribution is 2.26. The molecule has 2 aromatic rings. The molecule has 116 valence electrons. The Morgan fingerprint density at radius 3 is 2.05 bits per heavy atom. The van der Waals surface area contributed by atoms with Crippen molar-refractivity contribution in [3.8, 4) is 11.5 Å². The molecule has 0 fully saturated rings. The van der Waals surface area contributed by atoms with Crippen molar-refractivity contribution in [2.75, 3.05) is 0 Å². The number of aromatic hydroxyl groups is 1. The van der Waals surface area contributed by atoms with Gasteiger partial charge in [-0.05, 0) is 81.6 Å². The van der Waals surface area contributed by atoms with Crippen LogP contribution in [-0.2, 0) is 10.1 Å². The zero-order valence-electron chi connectivity index (χ0n) is 10.6. The maximum Gasteiger partial charge on any atom is 0.345 e. The van der Waals surface area contributed by atoms with Crippen LogP contribution in [0.3, 0.4) is 0 Å². The first kappa shape index (κ1) is 17.4. The van der Waals surface area contributed by atoms with E-state index in [4.69, 9.17) is 4.74 Å². The van der Waals surface area contributed by atoms with E-state index in [9.17, 15) is 22.9 Å². The number of halogens is 2. The summed E-state index contributed by atoms with van der Waals surface area (Å²) in [5, 5.41) is 9.45. The Morgan fingerprint density at radius 1 is 1.09 bits per heavy atom. The second kappa shape index (κ2) is 6.68. The van der Waals surface area contributed by atoms with Crippen molar-refractivity contribution in [2.24, 2.45) is 0 Å². The van der Waals surface area contributed by atoms with Gasteiger partial charge in [0.15, 0.2) is 0 Å². The molecule has 22 heavy (non-hydrogen) atoms. The number of benzene rings is 2. The lowest BCUT2D eigenvalue weighted by atomic mass is 10.2. The van der Waals surface area contributed by atoms with Crippen molar-refractivity contribution in [3.05, 3.63) is 49.1 Å². The smallest absolute Gasteiger partial charge is 0.345 e. The summed E-state index contributed by atoms with van der Waals surface area (Å²) in [5.74, 6) is -0.501. The number of ether oxygens (including phenoxy) is 1. The predicted octanol–water partition coefficient (Wildman–Crippen LogP) is 2.72. The third-order valence-corrected chi connectivity index (χ3v) is 5.11. The maximum atomic E-state index is 12.2. The number of phenolic OH excluding ortho intramolecular Hbond substituents is 1. The molecular formula is C13H7I2O6S-. The second-order valence-electron chi connectivity index (χ2n) is 4.10. The molecule has 2 aromatic carbocycles. The fourth-order valence-electron chi connectivity index (χ4n) is 1.59. The second-order valence-corrected chi connectivity index (χ2v) is 7.80. The number of hydrogen-bond donors (Lipinski definition) is 1. The summed E-state index contributed by atoms with van der Waals surface area (Å²) < 4.78 is 38.6. The fraction of sp³-hybridized carbons (Fsp3) is 0. The Bertz CT molecular complexity index is 807. The number of rotatable bonds is 3. The highest BCUT2D eigenvalue weighted by Gasteiger charge is 2.17. The van der Waals surface area contributed by atoms with Gasteiger partial charge in [-0.15, -0.1) is 0 Å². The number of esters is 1. The largest absolute Gasteiger partial charge is 0.744 e. The fourth-order valence-corrected chi connectivity index (χ4v) is 4.23. The third-order valence-electron chi connectivity index (χ3n) is 2.55. The summed E-state index contributed by atoms with van der Waals surface area (Å²) in [7, 11) is -4.54. The Kier molecular flexibility index (Phi) is 5.29. The molecule has 0 saturated carbocycles. The van der Waals surface area contributed by atoms with E-state index in [1.807, 2.05) is 45.2 Å². The first-order valence-corrected chi connectivity index (χ1v) is 9.21. The first-order chi connectivity index (χ1) is 10.2. The number of carbonyl (C=O) groups excluding carboxylic acids is 1. The summed E-state index contributed by atoms with van der Waals surface area (Å²) in [6.45, 7) is 0. The lowest BCUT2D eigenvalue weighted by Gasteiger charge is -2.10. The van der Waals surface area contributed by atoms with E-state index < -0.39 is 21.0 Å². The summed E-state index contributed by atoms with van der Waals surface area (Å²) in [6.07, 6.45) is 0. The molecule has 0 bridgehead atoms. The van der Waals surface area contributed by atoms with Crippen LogP contribution < -0.4 is 4.74 Å². The molecule has 0 spiro atoms. The predicted molar refractivity (Wildman–Crippen MR) is 92.9 cm³/mol. The zero-order chi connectivity index (χ0) is 16.5. The van der Waals surface area contributed by atoms with E-state index in [-0.39, 0.29) is 11.5 Å². The van der Waals surface area contributed by atoms with Crippen LogP contribution in [0, 0.1) is 7.14 Å². The van der Waals surface area contributed by atoms with Crippen molar-refractivity contribution in [1.29, 1.82) is 0 Å². The standard InChI is InChI=1S/C13H8I2O6S/c14-10-5-7(16)6-11(15)12(10)13(17)21-8-1-3-9(4-2-8)22(18,19)20/h1-6,16H,(H,18,19,20)/p-1. The van der Waals surface area contributed by atoms with Gasteiger partial charge in [-0.25, -0.2) is 13.2 Å². The summed E-state index contributed by atoms with van der Waals surface area (Å²) in [4.78, 5) is 11.8. The van der Waals surface area contributed by atoms with Gasteiger partial charge < -0.3 is 14.4 Å². The molecule has 0 aromatic heterocycles. The number of carbonyl (C=O) groups is 1. The van der Waals surface area contributed by atoms with Gasteiger partial charge >= 0.3 is 5.97 Å². The molecule has 0 atom stereocenters. The molecule has 0 amide bonds. The Labute approximate surface area is 153 Å². The van der Waals surface area contributed by atoms with Crippen molar-refractivity contribution >= 4 is 61.3 Å². The van der Waals surface area contributed by atoms with Gasteiger partial charge in [0, 0.05) is 7.14 Å². The van der Waals surface area contributed by atoms with Crippen molar-refractivity contribution < 1.29 is 27.6 Å². The molecule has 0 heterocycles. The summed E-state index contributed by atoms with van der Waals surface area (Å²) in [5.41, 5.74) is 0.291. The van der Waals surface area contributed by atoms with E-state index in [1.165, 1.54) is 24.3 Å². The highest BCUT2D eigenvalue weighted by atomic mass is 127. The molecule has 0 saturated heterocycles. The van der Waals surface area contributed by atoms with E-state index >= 15 is 0 Å². The molecule has 0 radical (unpaired) electrons. The normalized spacial score (nSPS) is 11.2. The van der Waals surface area contributed by atoms with Crippen LogP contribution in [0.5, 0.6) is 11.5 Å². The minimum absolute atomic E-state index is 0.0374. The van der Waals surface area contributed by atoms with E-state index in [0.717, 1.165) is 12.1 Å². The minimum atomic E-state index is -4.54. The molecule has 0 unspecified atom stereocenters. The van der Waals surface area contributed by atoms with Gasteiger partial charge in [0.1, 0.15) is 21.6 Å². The van der Waals surface area contributed by atoms with Crippen molar-refractivity contribution in [2.45, 2.75) is 4.90 Å². The van der Waals surface area contributed by atoms with Crippen LogP contribution in [0.25, 0.3) is 0 Å². The van der Waals surface area contributed by atoms with Gasteiger partial charge in [-0.2, -0.15) is 0 Å². The van der Waals surface area contributed by atoms with Gasteiger partial charge in [0.05, 0.1) is 10.5 Å². The SMILES string of the molecule is O=C(Oc1ccc(S(=O)(=O)[O-])cc1)c1c(I)cc(O)cc1I. The monoisotopic (exact) mass is 545 g/mol. The average Bonchev–Trinajstić information content (AvgIpc) is 2.36. The van der Waals surface area contributed by atoms with Gasteiger partial charge in [0.25, 0.3) is 0 Å². The molecule has 1 N–H and O–H groups in total. The van der Waals surface area contributed by atoms with Gasteiger partial charge in [-0.1, -0.05) is 0 Å². The van der Waals surface area contributed by atoms with Crippen LogP contribution in [0.1, 0.15) is 10.4 Å². The zero-order valence-corrected chi connectivity index (χ0v) is 15.7. The topological polar surface area (TPSA) is 104 Å². The van der Waals surface area contributed by atoms with Gasteiger partial charge in [-0.3, -0.25) is 0 Å². The lowest BCUT2D eigenvalue weighted by molar-refractivity contribution is 0.0732. The Morgan fingerprint density at radius 2 is 1.59 bits per heavy atom. The van der Waals surface area contributed by atoms with Crippen LogP contribution in [0.4, 0.5) is 0 Å². The van der Waals surface area contributed by atoms with Crippen LogP contribution in [0.2, 0.25) is 0 Å². The van der Waals surface area contributed by atoms with E-state index in [2.05, 4.69) is 0 Å². The van der Waals surface area contributed by atoms with Crippen molar-refractivity contribution in [3.63, 3.8) is 0 Å². The number of hydrogen-bond acceptors (Lipinski definition) is 6. The van der Waals surface area contributed by atoms with Crippen LogP contribution >= 0.6 is 45.2 Å². The molecule has 6 nitrogen and oxygen atoms in total. The van der Waals surface area contributed by atoms with E-state index in [0.29, 0.717) is 12.7 Å². The first-order valence-electron chi connectivity index (χ1n) is 5.64. The minimum Gasteiger partial charge on any atom is -0.744 e. The van der Waals surface area contributed by atoms with Gasteiger partial charge in [0.2, 0.25) is 0 Å². The highest BCUT2D eigenvalue weighted by molar-refractivity contribution is 14.1. The quantitative estimate of drug-likeness (QED) is 0.276. The van der Waals surface area contributed by atoms with Crippen LogP contribution in [0.15, 0.2) is 41.3 Å². The Balaban J connectivity index is 2.26.